The number of hydrogen-bond donors (Lipinski definition) is 1. The Morgan fingerprint density at radius 3 is 2.70 bits per heavy atom. The molecule has 1 aliphatic heterocycles. The van der Waals surface area contributed by atoms with E-state index in [0.717, 1.165) is 18.1 Å². The van der Waals surface area contributed by atoms with Crippen LogP contribution in [0.15, 0.2) is 12.0 Å². The SMILES string of the molecule is FC(F)(F)OC1=CNS[C]1. The molecular weight excluding hydrogens is 167 g/mol. The number of rotatable bonds is 1. The lowest BCUT2D eigenvalue weighted by Gasteiger charge is -2.06. The van der Waals surface area contributed by atoms with E-state index in [1.54, 1.807) is 0 Å². The zero-order valence-corrected chi connectivity index (χ0v) is 5.34. The molecule has 0 aromatic heterocycles. The Balaban J connectivity index is 2.38. The topological polar surface area (TPSA) is 21.3 Å². The quantitative estimate of drug-likeness (QED) is 0.603. The van der Waals surface area contributed by atoms with E-state index in [1.165, 1.54) is 0 Å². The second-order valence-corrected chi connectivity index (χ2v) is 2.02. The molecule has 0 spiro atoms. The molecule has 1 aliphatic rings. The molecular formula is C4H2F3NOS. The van der Waals surface area contributed by atoms with Crippen LogP contribution in [0.25, 0.3) is 0 Å². The largest absolute Gasteiger partial charge is 0.572 e. The normalized spacial score (nSPS) is 18.1. The molecule has 0 aromatic carbocycles. The van der Waals surface area contributed by atoms with Gasteiger partial charge in [0.1, 0.15) is 11.5 Å². The van der Waals surface area contributed by atoms with Crippen molar-refractivity contribution in [2.75, 3.05) is 0 Å². The molecule has 0 saturated heterocycles. The van der Waals surface area contributed by atoms with E-state index in [1.807, 2.05) is 0 Å². The first-order chi connectivity index (χ1) is 4.58. The van der Waals surface area contributed by atoms with Crippen molar-refractivity contribution < 1.29 is 17.9 Å². The number of alkyl halides is 3. The highest BCUT2D eigenvalue weighted by atomic mass is 32.2. The zero-order valence-electron chi connectivity index (χ0n) is 4.53. The van der Waals surface area contributed by atoms with Crippen molar-refractivity contribution in [3.8, 4) is 0 Å². The molecule has 0 atom stereocenters. The Hall–Kier alpha value is -0.520. The van der Waals surface area contributed by atoms with Crippen molar-refractivity contribution in [2.24, 2.45) is 0 Å². The van der Waals surface area contributed by atoms with Gasteiger partial charge in [0.2, 0.25) is 0 Å². The third kappa shape index (κ3) is 2.38. The molecule has 1 heterocycles. The van der Waals surface area contributed by atoms with Crippen molar-refractivity contribution in [3.05, 3.63) is 17.7 Å². The van der Waals surface area contributed by atoms with Crippen LogP contribution in [0.3, 0.4) is 0 Å². The molecule has 0 bridgehead atoms. The van der Waals surface area contributed by atoms with Gasteiger partial charge in [0.15, 0.2) is 0 Å². The third-order valence-corrected chi connectivity index (χ3v) is 1.17. The summed E-state index contributed by atoms with van der Waals surface area (Å²) >= 11 is 0.905. The molecule has 1 N–H and O–H groups in total. The van der Waals surface area contributed by atoms with Gasteiger partial charge in [-0.2, -0.15) is 0 Å². The average molecular weight is 169 g/mol. The van der Waals surface area contributed by atoms with Gasteiger partial charge < -0.3 is 9.46 Å². The molecule has 2 radical (unpaired) electrons. The van der Waals surface area contributed by atoms with Crippen LogP contribution in [0.1, 0.15) is 0 Å². The van der Waals surface area contributed by atoms with Crippen LogP contribution < -0.4 is 4.72 Å². The monoisotopic (exact) mass is 169 g/mol. The maximum Gasteiger partial charge on any atom is 0.572 e. The van der Waals surface area contributed by atoms with E-state index in [-0.39, 0.29) is 5.76 Å². The summed E-state index contributed by atoms with van der Waals surface area (Å²) in [5, 5.41) is 0. The van der Waals surface area contributed by atoms with Crippen molar-refractivity contribution >= 4 is 11.9 Å². The third-order valence-electron chi connectivity index (χ3n) is 0.626. The van der Waals surface area contributed by atoms with Gasteiger partial charge in [0, 0.05) is 6.20 Å². The van der Waals surface area contributed by atoms with E-state index in [4.69, 9.17) is 0 Å². The first kappa shape index (κ1) is 7.59. The fraction of sp³-hybridized carbons (Fsp3) is 0.250. The molecule has 0 fully saturated rings. The maximum atomic E-state index is 11.4. The van der Waals surface area contributed by atoms with Gasteiger partial charge in [-0.15, -0.1) is 13.2 Å². The van der Waals surface area contributed by atoms with Gasteiger partial charge in [0.05, 0.1) is 0 Å². The molecule has 6 heteroatoms. The summed E-state index contributed by atoms with van der Waals surface area (Å²) in [7, 11) is 0. The van der Waals surface area contributed by atoms with Crippen LogP contribution >= 0.6 is 11.9 Å². The predicted molar refractivity (Wildman–Crippen MR) is 29.2 cm³/mol. The van der Waals surface area contributed by atoms with Gasteiger partial charge in [-0.05, 0) is 11.9 Å². The van der Waals surface area contributed by atoms with E-state index in [9.17, 15) is 13.2 Å². The number of nitrogens with one attached hydrogen (secondary N) is 1. The lowest BCUT2D eigenvalue weighted by Crippen LogP contribution is -2.11. The second kappa shape index (κ2) is 2.61. The molecule has 56 valence electrons. The summed E-state index contributed by atoms with van der Waals surface area (Å²) in [6, 6.07) is 0. The predicted octanol–water partition coefficient (Wildman–Crippen LogP) is 1.65. The summed E-state index contributed by atoms with van der Waals surface area (Å²) in [5.41, 5.74) is 0. The van der Waals surface area contributed by atoms with Crippen LogP contribution in [0.5, 0.6) is 0 Å². The van der Waals surface area contributed by atoms with Crippen molar-refractivity contribution in [1.82, 2.24) is 4.72 Å². The summed E-state index contributed by atoms with van der Waals surface area (Å²) in [6.45, 7) is 0. The Morgan fingerprint density at radius 1 is 1.60 bits per heavy atom. The lowest BCUT2D eigenvalue weighted by atomic mass is 10.6. The molecule has 2 nitrogen and oxygen atoms in total. The summed E-state index contributed by atoms with van der Waals surface area (Å²) in [4.78, 5) is 0. The molecule has 0 aromatic rings. The van der Waals surface area contributed by atoms with E-state index in [0.29, 0.717) is 0 Å². The van der Waals surface area contributed by atoms with Gasteiger partial charge in [-0.25, -0.2) is 0 Å². The number of halogens is 3. The van der Waals surface area contributed by atoms with Gasteiger partial charge in [-0.3, -0.25) is 0 Å². The fourth-order valence-electron chi connectivity index (χ4n) is 0.367. The molecule has 0 aliphatic carbocycles. The van der Waals surface area contributed by atoms with E-state index in [2.05, 4.69) is 15.2 Å². The zero-order chi connectivity index (χ0) is 7.61. The molecule has 0 saturated carbocycles. The highest BCUT2D eigenvalue weighted by Gasteiger charge is 2.33. The molecule has 10 heavy (non-hydrogen) atoms. The highest BCUT2D eigenvalue weighted by Crippen LogP contribution is 2.26. The Bertz CT molecular complexity index is 155. The van der Waals surface area contributed by atoms with Crippen LogP contribution in [0, 0.1) is 5.75 Å². The van der Waals surface area contributed by atoms with Crippen LogP contribution in [-0.2, 0) is 4.74 Å². The number of ether oxygens (including phenoxy) is 1. The van der Waals surface area contributed by atoms with Crippen LogP contribution in [-0.4, -0.2) is 6.36 Å². The van der Waals surface area contributed by atoms with E-state index >= 15 is 0 Å². The highest BCUT2D eigenvalue weighted by molar-refractivity contribution is 7.99. The van der Waals surface area contributed by atoms with Gasteiger partial charge in [0.25, 0.3) is 0 Å². The molecule has 0 unspecified atom stereocenters. The lowest BCUT2D eigenvalue weighted by molar-refractivity contribution is -0.303. The van der Waals surface area contributed by atoms with Gasteiger partial charge in [-0.1, -0.05) is 0 Å². The Kier molecular flexibility index (Phi) is 1.98. The smallest absolute Gasteiger partial charge is 0.407 e. The minimum Gasteiger partial charge on any atom is -0.407 e. The van der Waals surface area contributed by atoms with Crippen LogP contribution in [0.4, 0.5) is 13.2 Å². The first-order valence-corrected chi connectivity index (χ1v) is 3.03. The summed E-state index contributed by atoms with van der Waals surface area (Å²) < 4.78 is 40.0. The minimum atomic E-state index is -4.62. The van der Waals surface area contributed by atoms with Crippen molar-refractivity contribution in [1.29, 1.82) is 0 Å². The fourth-order valence-corrected chi connectivity index (χ4v) is 0.793. The maximum absolute atomic E-state index is 11.4. The Morgan fingerprint density at radius 2 is 2.30 bits per heavy atom. The summed E-state index contributed by atoms with van der Waals surface area (Å²) in [6.07, 6.45) is -3.54. The average Bonchev–Trinajstić information content (AvgIpc) is 2.12. The second-order valence-electron chi connectivity index (χ2n) is 1.38. The molecule has 1 rings (SSSR count). The van der Waals surface area contributed by atoms with Gasteiger partial charge >= 0.3 is 6.36 Å². The van der Waals surface area contributed by atoms with Crippen molar-refractivity contribution in [2.45, 2.75) is 6.36 Å². The number of hydrogen-bond acceptors (Lipinski definition) is 3. The molecule has 0 amide bonds. The van der Waals surface area contributed by atoms with Crippen LogP contribution in [0.2, 0.25) is 0 Å². The minimum absolute atomic E-state index is 0.336. The standard InChI is InChI=1S/C4H2F3NOS/c5-4(6,7)9-3-1-8-10-2-3/h1,8H. The van der Waals surface area contributed by atoms with E-state index < -0.39 is 6.36 Å². The first-order valence-electron chi connectivity index (χ1n) is 2.21. The Labute approximate surface area is 59.6 Å². The summed E-state index contributed by atoms with van der Waals surface area (Å²) in [5.74, 6) is 1.90. The van der Waals surface area contributed by atoms with Crippen molar-refractivity contribution in [3.63, 3.8) is 0 Å².